The van der Waals surface area contributed by atoms with Crippen LogP contribution in [0.15, 0.2) is 30.3 Å². The zero-order valence-corrected chi connectivity index (χ0v) is 15.0. The van der Waals surface area contributed by atoms with Crippen molar-refractivity contribution in [3.8, 4) is 0 Å². The monoisotopic (exact) mass is 329 g/mol. The number of amides is 1. The van der Waals surface area contributed by atoms with Gasteiger partial charge in [0.05, 0.1) is 6.54 Å². The highest BCUT2D eigenvalue weighted by Crippen LogP contribution is 2.29. The second-order valence-corrected chi connectivity index (χ2v) is 7.32. The number of carbonyl (C=O) groups excluding carboxylic acids is 1. The van der Waals surface area contributed by atoms with E-state index in [9.17, 15) is 4.79 Å². The van der Waals surface area contributed by atoms with Crippen molar-refractivity contribution < 1.29 is 4.79 Å². The SMILES string of the molecule is CCCN(CC1CC1)C(=O)CN1CCN(Cc2ccccc2)CC1. The zero-order chi connectivity index (χ0) is 16.8. The maximum atomic E-state index is 12.6. The lowest BCUT2D eigenvalue weighted by Crippen LogP contribution is -2.50. The quantitative estimate of drug-likeness (QED) is 0.733. The number of rotatable bonds is 8. The topological polar surface area (TPSA) is 26.8 Å². The summed E-state index contributed by atoms with van der Waals surface area (Å²) in [6.45, 7) is 9.80. The second kappa shape index (κ2) is 8.63. The van der Waals surface area contributed by atoms with Crippen molar-refractivity contribution in [1.29, 1.82) is 0 Å². The Labute approximate surface area is 146 Å². The van der Waals surface area contributed by atoms with Gasteiger partial charge in [0.2, 0.25) is 5.91 Å². The van der Waals surface area contributed by atoms with Crippen LogP contribution in [0.5, 0.6) is 0 Å². The van der Waals surface area contributed by atoms with Crippen molar-refractivity contribution in [3.63, 3.8) is 0 Å². The van der Waals surface area contributed by atoms with Gasteiger partial charge in [0, 0.05) is 45.8 Å². The first-order valence-electron chi connectivity index (χ1n) is 9.51. The molecule has 132 valence electrons. The smallest absolute Gasteiger partial charge is 0.236 e. The molecule has 0 spiro atoms. The van der Waals surface area contributed by atoms with Crippen LogP contribution in [0.3, 0.4) is 0 Å². The zero-order valence-electron chi connectivity index (χ0n) is 15.0. The number of nitrogens with zero attached hydrogens (tertiary/aromatic N) is 3. The minimum Gasteiger partial charge on any atom is -0.341 e. The van der Waals surface area contributed by atoms with E-state index in [1.165, 1.54) is 18.4 Å². The molecule has 1 saturated carbocycles. The molecule has 0 N–H and O–H groups in total. The summed E-state index contributed by atoms with van der Waals surface area (Å²) in [5.41, 5.74) is 1.38. The summed E-state index contributed by atoms with van der Waals surface area (Å²) >= 11 is 0. The van der Waals surface area contributed by atoms with Crippen molar-refractivity contribution in [2.24, 2.45) is 5.92 Å². The molecule has 1 aromatic rings. The van der Waals surface area contributed by atoms with E-state index in [-0.39, 0.29) is 0 Å². The summed E-state index contributed by atoms with van der Waals surface area (Å²) < 4.78 is 0. The van der Waals surface area contributed by atoms with Crippen LogP contribution in [-0.2, 0) is 11.3 Å². The Bertz CT molecular complexity index is 507. The fraction of sp³-hybridized carbons (Fsp3) is 0.650. The van der Waals surface area contributed by atoms with Gasteiger partial charge in [-0.05, 0) is 30.7 Å². The summed E-state index contributed by atoms with van der Waals surface area (Å²) in [5, 5.41) is 0. The Balaban J connectivity index is 1.41. The van der Waals surface area contributed by atoms with Gasteiger partial charge >= 0.3 is 0 Å². The molecular formula is C20H31N3O. The summed E-state index contributed by atoms with van der Waals surface area (Å²) in [6, 6.07) is 10.7. The van der Waals surface area contributed by atoms with E-state index in [2.05, 4.69) is 52.0 Å². The molecule has 0 bridgehead atoms. The molecule has 4 heteroatoms. The van der Waals surface area contributed by atoms with E-state index in [4.69, 9.17) is 0 Å². The van der Waals surface area contributed by atoms with Gasteiger partial charge in [-0.3, -0.25) is 14.6 Å². The van der Waals surface area contributed by atoms with Crippen LogP contribution in [0.2, 0.25) is 0 Å². The van der Waals surface area contributed by atoms with Crippen LogP contribution in [-0.4, -0.2) is 66.4 Å². The van der Waals surface area contributed by atoms with E-state index in [0.717, 1.165) is 58.2 Å². The normalized spacial score (nSPS) is 19.4. The van der Waals surface area contributed by atoms with Crippen LogP contribution in [0.25, 0.3) is 0 Å². The Hall–Kier alpha value is -1.39. The van der Waals surface area contributed by atoms with E-state index in [1.807, 2.05) is 0 Å². The highest BCUT2D eigenvalue weighted by Gasteiger charge is 2.27. The Morgan fingerprint density at radius 3 is 2.38 bits per heavy atom. The molecule has 1 aliphatic carbocycles. The lowest BCUT2D eigenvalue weighted by Gasteiger charge is -2.35. The minimum atomic E-state index is 0.334. The number of hydrogen-bond donors (Lipinski definition) is 0. The van der Waals surface area contributed by atoms with Crippen molar-refractivity contribution in [2.45, 2.75) is 32.7 Å². The predicted octanol–water partition coefficient (Wildman–Crippen LogP) is 2.45. The third-order valence-electron chi connectivity index (χ3n) is 5.09. The molecule has 1 saturated heterocycles. The molecule has 0 radical (unpaired) electrons. The van der Waals surface area contributed by atoms with E-state index in [1.54, 1.807) is 0 Å². The van der Waals surface area contributed by atoms with Crippen LogP contribution in [0, 0.1) is 5.92 Å². The third kappa shape index (κ3) is 5.32. The van der Waals surface area contributed by atoms with E-state index >= 15 is 0 Å². The maximum absolute atomic E-state index is 12.6. The second-order valence-electron chi connectivity index (χ2n) is 7.32. The van der Waals surface area contributed by atoms with Gasteiger partial charge in [-0.15, -0.1) is 0 Å². The molecule has 3 rings (SSSR count). The predicted molar refractivity (Wildman–Crippen MR) is 97.8 cm³/mol. The van der Waals surface area contributed by atoms with Crippen molar-refractivity contribution in [1.82, 2.24) is 14.7 Å². The molecule has 0 unspecified atom stereocenters. The highest BCUT2D eigenvalue weighted by atomic mass is 16.2. The molecule has 4 nitrogen and oxygen atoms in total. The lowest BCUT2D eigenvalue weighted by atomic mass is 10.2. The number of benzene rings is 1. The van der Waals surface area contributed by atoms with Crippen molar-refractivity contribution >= 4 is 5.91 Å². The highest BCUT2D eigenvalue weighted by molar-refractivity contribution is 5.78. The van der Waals surface area contributed by atoms with Gasteiger partial charge in [-0.25, -0.2) is 0 Å². The Morgan fingerprint density at radius 1 is 1.08 bits per heavy atom. The van der Waals surface area contributed by atoms with Gasteiger partial charge in [0.1, 0.15) is 0 Å². The summed E-state index contributed by atoms with van der Waals surface area (Å²) in [6.07, 6.45) is 3.68. The van der Waals surface area contributed by atoms with E-state index in [0.29, 0.717) is 12.5 Å². The van der Waals surface area contributed by atoms with Gasteiger partial charge in [0.25, 0.3) is 0 Å². The molecule has 1 amide bonds. The van der Waals surface area contributed by atoms with Gasteiger partial charge in [-0.1, -0.05) is 37.3 Å². The molecule has 2 aliphatic rings. The molecule has 2 fully saturated rings. The fourth-order valence-electron chi connectivity index (χ4n) is 3.44. The average Bonchev–Trinajstić information content (AvgIpc) is 3.41. The van der Waals surface area contributed by atoms with Crippen LogP contribution >= 0.6 is 0 Å². The fourth-order valence-corrected chi connectivity index (χ4v) is 3.44. The summed E-state index contributed by atoms with van der Waals surface area (Å²) in [5.74, 6) is 1.11. The Kier molecular flexibility index (Phi) is 6.27. The third-order valence-corrected chi connectivity index (χ3v) is 5.09. The molecule has 1 heterocycles. The number of hydrogen-bond acceptors (Lipinski definition) is 3. The molecule has 24 heavy (non-hydrogen) atoms. The number of piperazine rings is 1. The summed E-state index contributed by atoms with van der Waals surface area (Å²) in [4.78, 5) is 19.5. The van der Waals surface area contributed by atoms with Crippen molar-refractivity contribution in [2.75, 3.05) is 45.8 Å². The van der Waals surface area contributed by atoms with Crippen LogP contribution in [0.4, 0.5) is 0 Å². The molecule has 1 aromatic carbocycles. The summed E-state index contributed by atoms with van der Waals surface area (Å²) in [7, 11) is 0. The average molecular weight is 329 g/mol. The first-order chi connectivity index (χ1) is 11.7. The Morgan fingerprint density at radius 2 is 1.75 bits per heavy atom. The first-order valence-corrected chi connectivity index (χ1v) is 9.51. The lowest BCUT2D eigenvalue weighted by molar-refractivity contribution is -0.133. The number of carbonyl (C=O) groups is 1. The van der Waals surface area contributed by atoms with Crippen LogP contribution < -0.4 is 0 Å². The van der Waals surface area contributed by atoms with Gasteiger partial charge in [-0.2, -0.15) is 0 Å². The first kappa shape index (κ1) is 17.4. The minimum absolute atomic E-state index is 0.334. The maximum Gasteiger partial charge on any atom is 0.236 e. The molecule has 1 aliphatic heterocycles. The van der Waals surface area contributed by atoms with Gasteiger partial charge < -0.3 is 4.90 Å². The molecular weight excluding hydrogens is 298 g/mol. The van der Waals surface area contributed by atoms with E-state index < -0.39 is 0 Å². The van der Waals surface area contributed by atoms with Crippen LogP contribution in [0.1, 0.15) is 31.7 Å². The molecule has 0 atom stereocenters. The molecule has 0 aromatic heterocycles. The largest absolute Gasteiger partial charge is 0.341 e. The van der Waals surface area contributed by atoms with Gasteiger partial charge in [0.15, 0.2) is 0 Å². The van der Waals surface area contributed by atoms with Crippen molar-refractivity contribution in [3.05, 3.63) is 35.9 Å². The standard InChI is InChI=1S/C20H31N3O/c1-2-10-23(16-19-8-9-19)20(24)17-22-13-11-21(12-14-22)15-18-6-4-3-5-7-18/h3-7,19H,2,8-17H2,1H3.